The van der Waals surface area contributed by atoms with Gasteiger partial charge in [0.2, 0.25) is 0 Å². The van der Waals surface area contributed by atoms with Crippen molar-refractivity contribution >= 4 is 0 Å². The summed E-state index contributed by atoms with van der Waals surface area (Å²) in [6, 6.07) is 6.00. The summed E-state index contributed by atoms with van der Waals surface area (Å²) < 4.78 is 10.7. The summed E-state index contributed by atoms with van der Waals surface area (Å²) in [7, 11) is 3.36. The average Bonchev–Trinajstić information content (AvgIpc) is 2.45. The van der Waals surface area contributed by atoms with Crippen molar-refractivity contribution in [3.63, 3.8) is 0 Å². The maximum Gasteiger partial charge on any atom is 0.165 e. The van der Waals surface area contributed by atoms with Gasteiger partial charge in [-0.2, -0.15) is 0 Å². The summed E-state index contributed by atoms with van der Waals surface area (Å²) in [4.78, 5) is 0. The van der Waals surface area contributed by atoms with Crippen LogP contribution in [0.4, 0.5) is 0 Å². The molecule has 0 aliphatic carbocycles. The van der Waals surface area contributed by atoms with Gasteiger partial charge in [0.1, 0.15) is 0 Å². The summed E-state index contributed by atoms with van der Waals surface area (Å²) in [6.45, 7) is 4.13. The van der Waals surface area contributed by atoms with Gasteiger partial charge in [-0.05, 0) is 19.0 Å². The molecule has 0 unspecified atom stereocenters. The largest absolute Gasteiger partial charge is 0.493 e. The van der Waals surface area contributed by atoms with Crippen molar-refractivity contribution in [1.82, 2.24) is 5.32 Å². The third kappa shape index (κ3) is 5.52. The molecule has 1 aromatic carbocycles. The van der Waals surface area contributed by atoms with Gasteiger partial charge in [0.25, 0.3) is 0 Å². The Morgan fingerprint density at radius 2 is 1.79 bits per heavy atom. The molecular weight excluding hydrogens is 238 g/mol. The molecule has 0 aromatic heterocycles. The standard InChI is InChI=1S/C16H27NO2/c1-4-5-6-7-8-12-17-13-14-10-9-11-15(18-2)16(14)19-3/h9-11,17H,4-8,12-13H2,1-3H3. The van der Waals surface area contributed by atoms with E-state index in [1.807, 2.05) is 12.1 Å². The van der Waals surface area contributed by atoms with Gasteiger partial charge < -0.3 is 14.8 Å². The van der Waals surface area contributed by atoms with Crippen molar-refractivity contribution in [1.29, 1.82) is 0 Å². The molecule has 0 aliphatic heterocycles. The van der Waals surface area contributed by atoms with Gasteiger partial charge in [0, 0.05) is 12.1 Å². The van der Waals surface area contributed by atoms with Crippen LogP contribution in [0, 0.1) is 0 Å². The second-order valence-electron chi connectivity index (χ2n) is 4.74. The highest BCUT2D eigenvalue weighted by molar-refractivity contribution is 5.46. The molecule has 0 aliphatic rings. The Hall–Kier alpha value is -1.22. The van der Waals surface area contributed by atoms with Crippen molar-refractivity contribution in [3.8, 4) is 11.5 Å². The zero-order valence-electron chi connectivity index (χ0n) is 12.5. The van der Waals surface area contributed by atoms with E-state index < -0.39 is 0 Å². The first-order valence-corrected chi connectivity index (χ1v) is 7.24. The van der Waals surface area contributed by atoms with Gasteiger partial charge in [-0.1, -0.05) is 44.7 Å². The number of rotatable bonds is 10. The van der Waals surface area contributed by atoms with Crippen LogP contribution >= 0.6 is 0 Å². The molecule has 0 saturated carbocycles. The Balaban J connectivity index is 2.33. The van der Waals surface area contributed by atoms with E-state index in [9.17, 15) is 0 Å². The van der Waals surface area contributed by atoms with Crippen LogP contribution in [0.15, 0.2) is 18.2 Å². The summed E-state index contributed by atoms with van der Waals surface area (Å²) >= 11 is 0. The van der Waals surface area contributed by atoms with E-state index in [2.05, 4.69) is 18.3 Å². The highest BCUT2D eigenvalue weighted by Crippen LogP contribution is 2.30. The first-order valence-electron chi connectivity index (χ1n) is 7.24. The van der Waals surface area contributed by atoms with Crippen molar-refractivity contribution < 1.29 is 9.47 Å². The number of unbranched alkanes of at least 4 members (excludes halogenated alkanes) is 4. The van der Waals surface area contributed by atoms with Crippen LogP contribution in [0.5, 0.6) is 11.5 Å². The van der Waals surface area contributed by atoms with E-state index in [0.717, 1.165) is 30.2 Å². The van der Waals surface area contributed by atoms with E-state index in [4.69, 9.17) is 9.47 Å². The second kappa shape index (κ2) is 9.68. The fourth-order valence-corrected chi connectivity index (χ4v) is 2.17. The average molecular weight is 265 g/mol. The Morgan fingerprint density at radius 1 is 1.00 bits per heavy atom. The zero-order chi connectivity index (χ0) is 13.9. The van der Waals surface area contributed by atoms with Crippen LogP contribution in [0.3, 0.4) is 0 Å². The molecule has 1 rings (SSSR count). The predicted octanol–water partition coefficient (Wildman–Crippen LogP) is 3.76. The number of hydrogen-bond donors (Lipinski definition) is 1. The quantitative estimate of drug-likeness (QED) is 0.653. The van der Waals surface area contributed by atoms with Gasteiger partial charge in [0.15, 0.2) is 11.5 Å². The molecule has 0 atom stereocenters. The van der Waals surface area contributed by atoms with Crippen LogP contribution in [0.25, 0.3) is 0 Å². The van der Waals surface area contributed by atoms with Crippen LogP contribution in [0.2, 0.25) is 0 Å². The Morgan fingerprint density at radius 3 is 2.47 bits per heavy atom. The van der Waals surface area contributed by atoms with Crippen molar-refractivity contribution in [2.24, 2.45) is 0 Å². The number of nitrogens with one attached hydrogen (secondary N) is 1. The summed E-state index contributed by atoms with van der Waals surface area (Å²) in [5.41, 5.74) is 1.15. The lowest BCUT2D eigenvalue weighted by Crippen LogP contribution is -2.15. The molecule has 108 valence electrons. The minimum Gasteiger partial charge on any atom is -0.493 e. The molecule has 19 heavy (non-hydrogen) atoms. The minimum absolute atomic E-state index is 0.796. The van der Waals surface area contributed by atoms with E-state index in [1.54, 1.807) is 14.2 Å². The second-order valence-corrected chi connectivity index (χ2v) is 4.74. The summed E-state index contributed by atoms with van der Waals surface area (Å²) in [5, 5.41) is 3.47. The molecule has 0 heterocycles. The number of methoxy groups -OCH3 is 2. The Labute approximate surface area is 117 Å². The molecule has 0 spiro atoms. The first kappa shape index (κ1) is 15.8. The minimum atomic E-state index is 0.796. The van der Waals surface area contributed by atoms with Crippen LogP contribution < -0.4 is 14.8 Å². The molecule has 0 radical (unpaired) electrons. The third-order valence-electron chi connectivity index (χ3n) is 3.26. The Kier molecular flexibility index (Phi) is 8.07. The van der Waals surface area contributed by atoms with Gasteiger partial charge in [-0.15, -0.1) is 0 Å². The summed E-state index contributed by atoms with van der Waals surface area (Å²) in [6.07, 6.45) is 6.56. The lowest BCUT2D eigenvalue weighted by Gasteiger charge is -2.13. The molecule has 1 N–H and O–H groups in total. The number of para-hydroxylation sites is 1. The molecule has 0 amide bonds. The maximum atomic E-state index is 5.41. The van der Waals surface area contributed by atoms with E-state index in [-0.39, 0.29) is 0 Å². The molecule has 0 fully saturated rings. The number of benzene rings is 1. The highest BCUT2D eigenvalue weighted by atomic mass is 16.5. The van der Waals surface area contributed by atoms with Gasteiger partial charge in [0.05, 0.1) is 14.2 Å². The highest BCUT2D eigenvalue weighted by Gasteiger charge is 2.08. The van der Waals surface area contributed by atoms with Gasteiger partial charge in [-0.3, -0.25) is 0 Å². The third-order valence-corrected chi connectivity index (χ3v) is 3.26. The lowest BCUT2D eigenvalue weighted by atomic mass is 10.1. The van der Waals surface area contributed by atoms with Crippen molar-refractivity contribution in [2.45, 2.75) is 45.6 Å². The van der Waals surface area contributed by atoms with E-state index in [0.29, 0.717) is 0 Å². The maximum absolute atomic E-state index is 5.41. The molecular formula is C16H27NO2. The summed E-state index contributed by atoms with van der Waals surface area (Å²) in [5.74, 6) is 1.63. The van der Waals surface area contributed by atoms with Crippen LogP contribution in [0.1, 0.15) is 44.6 Å². The monoisotopic (exact) mass is 265 g/mol. The molecule has 1 aromatic rings. The number of hydrogen-bond acceptors (Lipinski definition) is 3. The fourth-order valence-electron chi connectivity index (χ4n) is 2.17. The van der Waals surface area contributed by atoms with Gasteiger partial charge >= 0.3 is 0 Å². The fraction of sp³-hybridized carbons (Fsp3) is 0.625. The molecule has 0 saturated heterocycles. The van der Waals surface area contributed by atoms with Crippen molar-refractivity contribution in [3.05, 3.63) is 23.8 Å². The molecule has 3 nitrogen and oxygen atoms in total. The SMILES string of the molecule is CCCCCCCNCc1cccc(OC)c1OC. The van der Waals surface area contributed by atoms with Crippen LogP contribution in [-0.2, 0) is 6.54 Å². The zero-order valence-corrected chi connectivity index (χ0v) is 12.5. The van der Waals surface area contributed by atoms with E-state index >= 15 is 0 Å². The van der Waals surface area contributed by atoms with Crippen LogP contribution in [-0.4, -0.2) is 20.8 Å². The number of ether oxygens (including phenoxy) is 2. The van der Waals surface area contributed by atoms with Crippen molar-refractivity contribution in [2.75, 3.05) is 20.8 Å². The van der Waals surface area contributed by atoms with Gasteiger partial charge in [-0.25, -0.2) is 0 Å². The lowest BCUT2D eigenvalue weighted by molar-refractivity contribution is 0.350. The first-order chi connectivity index (χ1) is 9.33. The Bertz CT molecular complexity index is 353. The van der Waals surface area contributed by atoms with E-state index in [1.165, 1.54) is 32.1 Å². The molecule has 0 bridgehead atoms. The normalized spacial score (nSPS) is 10.5. The molecule has 3 heteroatoms. The topological polar surface area (TPSA) is 30.5 Å². The smallest absolute Gasteiger partial charge is 0.165 e. The predicted molar refractivity (Wildman–Crippen MR) is 80.0 cm³/mol.